The van der Waals surface area contributed by atoms with Crippen LogP contribution < -0.4 is 5.63 Å². The van der Waals surface area contributed by atoms with Crippen LogP contribution >= 0.6 is 0 Å². The fourth-order valence-corrected chi connectivity index (χ4v) is 4.19. The van der Waals surface area contributed by atoms with Crippen molar-refractivity contribution < 1.29 is 14.3 Å². The van der Waals surface area contributed by atoms with Gasteiger partial charge in [0.05, 0.1) is 0 Å². The summed E-state index contributed by atoms with van der Waals surface area (Å²) in [7, 11) is 0. The minimum absolute atomic E-state index is 0.0396. The molecular weight excluding hydrogens is 352 g/mol. The molecule has 4 heteroatoms. The molecule has 144 valence electrons. The van der Waals surface area contributed by atoms with Crippen molar-refractivity contribution in [1.29, 1.82) is 0 Å². The lowest BCUT2D eigenvalue weighted by Gasteiger charge is -2.18. The lowest BCUT2D eigenvalue weighted by atomic mass is 9.87. The van der Waals surface area contributed by atoms with E-state index in [9.17, 15) is 14.7 Å². The maximum Gasteiger partial charge on any atom is 0.340 e. The van der Waals surface area contributed by atoms with Crippen LogP contribution in [0.3, 0.4) is 0 Å². The van der Waals surface area contributed by atoms with E-state index >= 15 is 0 Å². The van der Waals surface area contributed by atoms with Gasteiger partial charge < -0.3 is 9.52 Å². The fraction of sp³-hybridized carbons (Fsp3) is 0.333. The van der Waals surface area contributed by atoms with Crippen LogP contribution in [0.25, 0.3) is 11.0 Å². The van der Waals surface area contributed by atoms with Crippen LogP contribution in [-0.4, -0.2) is 10.9 Å². The van der Waals surface area contributed by atoms with Crippen molar-refractivity contribution in [2.24, 2.45) is 0 Å². The molecule has 0 amide bonds. The highest BCUT2D eigenvalue weighted by Gasteiger charge is 2.25. The molecule has 4 nitrogen and oxygen atoms in total. The van der Waals surface area contributed by atoms with Gasteiger partial charge in [-0.05, 0) is 55.7 Å². The number of phenolic OH excluding ortho intramolecular Hbond substituents is 1. The van der Waals surface area contributed by atoms with Crippen molar-refractivity contribution in [3.63, 3.8) is 0 Å². The van der Waals surface area contributed by atoms with Gasteiger partial charge in [0.25, 0.3) is 0 Å². The topological polar surface area (TPSA) is 67.5 Å². The summed E-state index contributed by atoms with van der Waals surface area (Å²) in [6, 6.07) is 13.7. The summed E-state index contributed by atoms with van der Waals surface area (Å²) in [6.07, 6.45) is 4.54. The molecule has 4 rings (SSSR count). The number of aromatic hydroxyl groups is 1. The van der Waals surface area contributed by atoms with Gasteiger partial charge in [0, 0.05) is 28.5 Å². The third-order valence-electron chi connectivity index (χ3n) is 5.73. The summed E-state index contributed by atoms with van der Waals surface area (Å²) in [4.78, 5) is 24.7. The Kier molecular flexibility index (Phi) is 5.03. The Balaban J connectivity index is 1.62. The molecule has 1 heterocycles. The molecule has 1 N–H and O–H groups in total. The normalized spacial score (nSPS) is 14.8. The van der Waals surface area contributed by atoms with E-state index in [2.05, 4.69) is 19.1 Å². The minimum atomic E-state index is -0.427. The molecule has 0 radical (unpaired) electrons. The van der Waals surface area contributed by atoms with Crippen molar-refractivity contribution in [2.75, 3.05) is 0 Å². The largest absolute Gasteiger partial charge is 0.508 e. The maximum atomic E-state index is 12.4. The molecule has 2 aromatic carbocycles. The molecule has 0 aliphatic heterocycles. The molecular formula is C24H24O4. The number of aryl methyl sites for hydroxylation is 1. The second kappa shape index (κ2) is 7.63. The summed E-state index contributed by atoms with van der Waals surface area (Å²) in [5, 5.41) is 11.2. The summed E-state index contributed by atoms with van der Waals surface area (Å²) in [5.41, 5.74) is 2.91. The Bertz CT molecular complexity index is 1080. The van der Waals surface area contributed by atoms with Crippen molar-refractivity contribution in [3.05, 3.63) is 75.1 Å². The first-order chi connectivity index (χ1) is 13.5. The van der Waals surface area contributed by atoms with Crippen LogP contribution in [-0.2, 0) is 12.8 Å². The Morgan fingerprint density at radius 1 is 1.11 bits per heavy atom. The maximum absolute atomic E-state index is 12.4. The van der Waals surface area contributed by atoms with E-state index in [1.165, 1.54) is 5.56 Å². The van der Waals surface area contributed by atoms with Crippen molar-refractivity contribution in [1.82, 2.24) is 0 Å². The Hall–Kier alpha value is -2.88. The first kappa shape index (κ1) is 18.5. The van der Waals surface area contributed by atoms with Crippen LogP contribution in [0.1, 0.15) is 65.6 Å². The summed E-state index contributed by atoms with van der Waals surface area (Å²) >= 11 is 0. The van der Waals surface area contributed by atoms with Crippen molar-refractivity contribution in [3.8, 4) is 5.75 Å². The van der Waals surface area contributed by atoms with Crippen LogP contribution in [0.4, 0.5) is 0 Å². The zero-order chi connectivity index (χ0) is 19.7. The van der Waals surface area contributed by atoms with Gasteiger partial charge in [-0.15, -0.1) is 0 Å². The number of hydrogen-bond donors (Lipinski definition) is 1. The van der Waals surface area contributed by atoms with E-state index in [0.717, 1.165) is 24.8 Å². The van der Waals surface area contributed by atoms with E-state index in [1.54, 1.807) is 12.1 Å². The highest BCUT2D eigenvalue weighted by molar-refractivity contribution is 6.09. The highest BCUT2D eigenvalue weighted by atomic mass is 16.4. The molecule has 0 saturated heterocycles. The Morgan fingerprint density at radius 3 is 2.68 bits per heavy atom. The molecule has 0 spiro atoms. The number of fused-ring (bicyclic) bond motifs is 3. The molecule has 0 saturated carbocycles. The van der Waals surface area contributed by atoms with Gasteiger partial charge in [0.1, 0.15) is 11.3 Å². The number of benzene rings is 2. The van der Waals surface area contributed by atoms with Gasteiger partial charge in [-0.3, -0.25) is 4.79 Å². The molecule has 28 heavy (non-hydrogen) atoms. The third-order valence-corrected chi connectivity index (χ3v) is 5.73. The molecule has 0 bridgehead atoms. The van der Waals surface area contributed by atoms with Gasteiger partial charge >= 0.3 is 5.63 Å². The van der Waals surface area contributed by atoms with Gasteiger partial charge in [0.2, 0.25) is 0 Å². The van der Waals surface area contributed by atoms with Gasteiger partial charge in [0.15, 0.2) is 5.78 Å². The molecule has 1 atom stereocenters. The third kappa shape index (κ3) is 3.47. The average Bonchev–Trinajstić information content (AvgIpc) is 2.69. The number of hydrogen-bond acceptors (Lipinski definition) is 4. The second-order valence-corrected chi connectivity index (χ2v) is 7.71. The lowest BCUT2D eigenvalue weighted by molar-refractivity contribution is 0.0973. The predicted molar refractivity (Wildman–Crippen MR) is 109 cm³/mol. The number of Topliss-reactive ketones (excluding diaryl/α,β-unsaturated/α-hetero) is 1. The highest BCUT2D eigenvalue weighted by Crippen LogP contribution is 2.36. The minimum Gasteiger partial charge on any atom is -0.508 e. The second-order valence-electron chi connectivity index (χ2n) is 7.71. The Morgan fingerprint density at radius 2 is 1.89 bits per heavy atom. The van der Waals surface area contributed by atoms with Crippen LogP contribution in [0.15, 0.2) is 51.7 Å². The van der Waals surface area contributed by atoms with Crippen molar-refractivity contribution in [2.45, 2.75) is 51.4 Å². The standard InChI is InChI=1S/C24H24O4/c1-15(7-5-10-16-8-3-2-4-9-16)18-14-22-19(13-21(18)26)23-17(24(27)28-22)11-6-12-20(23)25/h2-4,8-9,13-15,26H,5-7,10-12H2,1H3. The molecule has 0 fully saturated rings. The zero-order valence-electron chi connectivity index (χ0n) is 16.0. The van der Waals surface area contributed by atoms with E-state index < -0.39 is 5.63 Å². The van der Waals surface area contributed by atoms with E-state index in [-0.39, 0.29) is 17.5 Å². The molecule has 1 aliphatic carbocycles. The summed E-state index contributed by atoms with van der Waals surface area (Å²) in [6.45, 7) is 2.06. The monoisotopic (exact) mass is 376 g/mol. The average molecular weight is 376 g/mol. The molecule has 1 aromatic heterocycles. The summed E-state index contributed by atoms with van der Waals surface area (Å²) in [5.74, 6) is 0.237. The van der Waals surface area contributed by atoms with E-state index in [4.69, 9.17) is 4.42 Å². The Labute approximate surface area is 163 Å². The number of carbonyl (C=O) groups is 1. The van der Waals surface area contributed by atoms with Gasteiger partial charge in [-0.25, -0.2) is 4.79 Å². The van der Waals surface area contributed by atoms with Gasteiger partial charge in [-0.2, -0.15) is 0 Å². The first-order valence-corrected chi connectivity index (χ1v) is 9.94. The molecule has 1 unspecified atom stereocenters. The fourth-order valence-electron chi connectivity index (χ4n) is 4.19. The van der Waals surface area contributed by atoms with Crippen LogP contribution in [0.2, 0.25) is 0 Å². The summed E-state index contributed by atoms with van der Waals surface area (Å²) < 4.78 is 5.51. The number of ketones is 1. The zero-order valence-corrected chi connectivity index (χ0v) is 16.0. The molecule has 1 aliphatic rings. The van der Waals surface area contributed by atoms with Crippen molar-refractivity contribution >= 4 is 16.8 Å². The first-order valence-electron chi connectivity index (χ1n) is 9.94. The smallest absolute Gasteiger partial charge is 0.340 e. The SMILES string of the molecule is CC(CCCc1ccccc1)c1cc2oc(=O)c3c(c2cc1O)C(=O)CCC3. The van der Waals surface area contributed by atoms with Crippen LogP contribution in [0, 0.1) is 0 Å². The quantitative estimate of drug-likeness (QED) is 0.626. The molecule has 3 aromatic rings. The number of carbonyl (C=O) groups excluding carboxylic acids is 1. The predicted octanol–water partition coefficient (Wildman–Crippen LogP) is 5.14. The van der Waals surface area contributed by atoms with E-state index in [0.29, 0.717) is 41.4 Å². The van der Waals surface area contributed by atoms with E-state index in [1.807, 2.05) is 18.2 Å². The lowest BCUT2D eigenvalue weighted by Crippen LogP contribution is -2.20. The number of rotatable bonds is 5. The van der Waals surface area contributed by atoms with Gasteiger partial charge in [-0.1, -0.05) is 37.3 Å². The number of phenols is 1. The van der Waals surface area contributed by atoms with Crippen LogP contribution in [0.5, 0.6) is 5.75 Å².